The SMILES string of the molecule is O=C1CCCC1=C[C@@H]1CC=CCC1. The molecule has 0 heterocycles. The minimum Gasteiger partial charge on any atom is -0.295 e. The molecule has 70 valence electrons. The van der Waals surface area contributed by atoms with Gasteiger partial charge in [0.2, 0.25) is 0 Å². The molecule has 0 spiro atoms. The van der Waals surface area contributed by atoms with E-state index in [1.165, 1.54) is 12.8 Å². The molecule has 1 nitrogen and oxygen atoms in total. The first-order valence-electron chi connectivity index (χ1n) is 5.25. The van der Waals surface area contributed by atoms with Gasteiger partial charge in [-0.3, -0.25) is 4.79 Å². The lowest BCUT2D eigenvalue weighted by Gasteiger charge is -2.13. The predicted octanol–water partition coefficient (Wildman–Crippen LogP) is 3.02. The van der Waals surface area contributed by atoms with E-state index in [0.29, 0.717) is 11.7 Å². The molecule has 0 aromatic heterocycles. The predicted molar refractivity (Wildman–Crippen MR) is 53.4 cm³/mol. The first-order valence-corrected chi connectivity index (χ1v) is 5.25. The first-order chi connectivity index (χ1) is 6.36. The lowest BCUT2D eigenvalue weighted by molar-refractivity contribution is -0.114. The van der Waals surface area contributed by atoms with E-state index in [0.717, 1.165) is 31.3 Å². The van der Waals surface area contributed by atoms with Gasteiger partial charge in [-0.15, -0.1) is 0 Å². The van der Waals surface area contributed by atoms with Gasteiger partial charge in [-0.05, 0) is 43.6 Å². The summed E-state index contributed by atoms with van der Waals surface area (Å²) in [6.07, 6.45) is 13.2. The van der Waals surface area contributed by atoms with Crippen LogP contribution in [0.4, 0.5) is 0 Å². The zero-order valence-electron chi connectivity index (χ0n) is 7.96. The maximum atomic E-state index is 11.4. The molecule has 0 aromatic carbocycles. The summed E-state index contributed by atoms with van der Waals surface area (Å²) in [7, 11) is 0. The van der Waals surface area contributed by atoms with Crippen molar-refractivity contribution in [1.29, 1.82) is 0 Å². The number of Topliss-reactive ketones (excluding diaryl/α,β-unsaturated/α-hetero) is 1. The lowest BCUT2D eigenvalue weighted by Crippen LogP contribution is -2.02. The summed E-state index contributed by atoms with van der Waals surface area (Å²) in [5.74, 6) is 1.04. The average Bonchev–Trinajstić information content (AvgIpc) is 2.54. The van der Waals surface area contributed by atoms with Crippen molar-refractivity contribution in [2.45, 2.75) is 38.5 Å². The summed E-state index contributed by atoms with van der Waals surface area (Å²) in [5.41, 5.74) is 1.11. The normalized spacial score (nSPS) is 31.5. The number of rotatable bonds is 1. The molecule has 1 atom stereocenters. The van der Waals surface area contributed by atoms with Crippen molar-refractivity contribution in [2.75, 3.05) is 0 Å². The van der Waals surface area contributed by atoms with Crippen molar-refractivity contribution in [3.05, 3.63) is 23.8 Å². The minimum atomic E-state index is 0.398. The molecule has 0 aliphatic heterocycles. The van der Waals surface area contributed by atoms with Gasteiger partial charge in [-0.1, -0.05) is 18.2 Å². The van der Waals surface area contributed by atoms with Crippen molar-refractivity contribution >= 4 is 5.78 Å². The molecule has 0 saturated heterocycles. The van der Waals surface area contributed by atoms with Gasteiger partial charge in [0.25, 0.3) is 0 Å². The fourth-order valence-electron chi connectivity index (χ4n) is 2.17. The lowest BCUT2D eigenvalue weighted by atomic mass is 9.92. The topological polar surface area (TPSA) is 17.1 Å². The Kier molecular flexibility index (Phi) is 2.62. The van der Waals surface area contributed by atoms with Crippen molar-refractivity contribution in [2.24, 2.45) is 5.92 Å². The zero-order valence-corrected chi connectivity index (χ0v) is 7.96. The summed E-state index contributed by atoms with van der Waals surface area (Å²) in [6, 6.07) is 0. The molecule has 0 unspecified atom stereocenters. The van der Waals surface area contributed by atoms with E-state index in [-0.39, 0.29) is 0 Å². The smallest absolute Gasteiger partial charge is 0.158 e. The van der Waals surface area contributed by atoms with Crippen LogP contribution in [0.2, 0.25) is 0 Å². The average molecular weight is 176 g/mol. The molecule has 1 saturated carbocycles. The van der Waals surface area contributed by atoms with Crippen LogP contribution in [0, 0.1) is 5.92 Å². The zero-order chi connectivity index (χ0) is 9.10. The van der Waals surface area contributed by atoms with Crippen LogP contribution in [0.15, 0.2) is 23.8 Å². The van der Waals surface area contributed by atoms with E-state index in [9.17, 15) is 4.79 Å². The molecule has 2 aliphatic carbocycles. The summed E-state index contributed by atoms with van der Waals surface area (Å²) < 4.78 is 0. The third kappa shape index (κ3) is 2.09. The number of hydrogen-bond acceptors (Lipinski definition) is 1. The molecule has 1 fully saturated rings. The van der Waals surface area contributed by atoms with Gasteiger partial charge in [0, 0.05) is 6.42 Å². The fraction of sp³-hybridized carbons (Fsp3) is 0.583. The highest BCUT2D eigenvalue weighted by atomic mass is 16.1. The Labute approximate surface area is 79.5 Å². The quantitative estimate of drug-likeness (QED) is 0.443. The molecule has 0 radical (unpaired) electrons. The van der Waals surface area contributed by atoms with Crippen LogP contribution in [0.25, 0.3) is 0 Å². The van der Waals surface area contributed by atoms with Gasteiger partial charge in [0.1, 0.15) is 0 Å². The second-order valence-electron chi connectivity index (χ2n) is 4.01. The maximum absolute atomic E-state index is 11.4. The van der Waals surface area contributed by atoms with E-state index in [4.69, 9.17) is 0 Å². The van der Waals surface area contributed by atoms with E-state index in [2.05, 4.69) is 18.2 Å². The Morgan fingerprint density at radius 1 is 1.31 bits per heavy atom. The number of hydrogen-bond donors (Lipinski definition) is 0. The van der Waals surface area contributed by atoms with Gasteiger partial charge >= 0.3 is 0 Å². The molecule has 0 N–H and O–H groups in total. The van der Waals surface area contributed by atoms with E-state index >= 15 is 0 Å². The monoisotopic (exact) mass is 176 g/mol. The van der Waals surface area contributed by atoms with E-state index in [1.54, 1.807) is 0 Å². The standard InChI is InChI=1S/C12H16O/c13-12-8-4-7-11(12)9-10-5-2-1-3-6-10/h1-2,9-10H,3-8H2/t10-/m1/s1. The molecular weight excluding hydrogens is 160 g/mol. The largest absolute Gasteiger partial charge is 0.295 e. The molecule has 0 amide bonds. The van der Waals surface area contributed by atoms with Gasteiger partial charge in [-0.2, -0.15) is 0 Å². The highest BCUT2D eigenvalue weighted by molar-refractivity contribution is 5.97. The Balaban J connectivity index is 2.01. The Morgan fingerprint density at radius 3 is 2.85 bits per heavy atom. The Hall–Kier alpha value is -0.850. The van der Waals surface area contributed by atoms with Gasteiger partial charge in [-0.25, -0.2) is 0 Å². The maximum Gasteiger partial charge on any atom is 0.158 e. The van der Waals surface area contributed by atoms with Crippen LogP contribution in [-0.2, 0) is 4.79 Å². The van der Waals surface area contributed by atoms with Gasteiger partial charge < -0.3 is 0 Å². The first kappa shape index (κ1) is 8.74. The fourth-order valence-corrected chi connectivity index (χ4v) is 2.17. The number of ketones is 1. The molecule has 2 rings (SSSR count). The third-order valence-corrected chi connectivity index (χ3v) is 2.95. The Bertz CT molecular complexity index is 260. The van der Waals surface area contributed by atoms with Crippen molar-refractivity contribution in [3.63, 3.8) is 0 Å². The van der Waals surface area contributed by atoms with Crippen LogP contribution < -0.4 is 0 Å². The highest BCUT2D eigenvalue weighted by Gasteiger charge is 2.18. The molecular formula is C12H16O. The second kappa shape index (κ2) is 3.91. The number of carbonyl (C=O) groups excluding carboxylic acids is 1. The minimum absolute atomic E-state index is 0.398. The highest BCUT2D eigenvalue weighted by Crippen LogP contribution is 2.26. The van der Waals surface area contributed by atoms with Crippen LogP contribution in [0.5, 0.6) is 0 Å². The third-order valence-electron chi connectivity index (χ3n) is 2.95. The van der Waals surface area contributed by atoms with Crippen molar-refractivity contribution in [1.82, 2.24) is 0 Å². The summed E-state index contributed by atoms with van der Waals surface area (Å²) in [6.45, 7) is 0. The number of carbonyl (C=O) groups is 1. The van der Waals surface area contributed by atoms with Crippen LogP contribution in [0.3, 0.4) is 0 Å². The number of allylic oxidation sites excluding steroid dienone is 4. The van der Waals surface area contributed by atoms with E-state index < -0.39 is 0 Å². The van der Waals surface area contributed by atoms with Crippen LogP contribution in [0.1, 0.15) is 38.5 Å². The summed E-state index contributed by atoms with van der Waals surface area (Å²) in [4.78, 5) is 11.4. The van der Waals surface area contributed by atoms with Crippen molar-refractivity contribution < 1.29 is 4.79 Å². The summed E-state index contributed by atoms with van der Waals surface area (Å²) >= 11 is 0. The molecule has 0 aromatic rings. The molecule has 2 aliphatic rings. The van der Waals surface area contributed by atoms with Gasteiger partial charge in [0.05, 0.1) is 0 Å². The van der Waals surface area contributed by atoms with Crippen LogP contribution in [-0.4, -0.2) is 5.78 Å². The second-order valence-corrected chi connectivity index (χ2v) is 4.01. The van der Waals surface area contributed by atoms with Crippen LogP contribution >= 0.6 is 0 Å². The summed E-state index contributed by atoms with van der Waals surface area (Å²) in [5, 5.41) is 0. The van der Waals surface area contributed by atoms with Gasteiger partial charge in [0.15, 0.2) is 5.78 Å². The molecule has 0 bridgehead atoms. The molecule has 13 heavy (non-hydrogen) atoms. The van der Waals surface area contributed by atoms with Crippen molar-refractivity contribution in [3.8, 4) is 0 Å². The van der Waals surface area contributed by atoms with E-state index in [1.807, 2.05) is 0 Å². The Morgan fingerprint density at radius 2 is 2.23 bits per heavy atom. The molecule has 1 heteroatoms.